The molecule has 4 nitrogen and oxygen atoms in total. The predicted molar refractivity (Wildman–Crippen MR) is 78.2 cm³/mol. The Morgan fingerprint density at radius 2 is 2.16 bits per heavy atom. The molecular weight excluding hydrogens is 256 g/mol. The average molecular weight is 272 g/mol. The van der Waals surface area contributed by atoms with Gasteiger partial charge in [0.05, 0.1) is 10.6 Å². The number of hydrogen-bond donors (Lipinski definition) is 1. The van der Waals surface area contributed by atoms with Crippen LogP contribution in [0.4, 0.5) is 5.82 Å². The second-order valence-electron chi connectivity index (χ2n) is 4.11. The average Bonchev–Trinajstić information content (AvgIpc) is 2.90. The van der Waals surface area contributed by atoms with Gasteiger partial charge >= 0.3 is 0 Å². The second kappa shape index (κ2) is 6.30. The quantitative estimate of drug-likeness (QED) is 0.905. The third kappa shape index (κ3) is 2.91. The summed E-state index contributed by atoms with van der Waals surface area (Å²) in [4.78, 5) is 10.5. The van der Waals surface area contributed by atoms with Crippen LogP contribution in [0.25, 0.3) is 10.6 Å². The van der Waals surface area contributed by atoms with E-state index >= 15 is 0 Å². The number of nitrogens with zero attached hydrogens (tertiary/aromatic N) is 3. The largest absolute Gasteiger partial charge is 0.370 e. The first-order valence-corrected chi connectivity index (χ1v) is 7.19. The van der Waals surface area contributed by atoms with Crippen molar-refractivity contribution in [2.75, 3.05) is 11.9 Å². The van der Waals surface area contributed by atoms with Crippen molar-refractivity contribution in [3.63, 3.8) is 0 Å². The summed E-state index contributed by atoms with van der Waals surface area (Å²) in [6, 6.07) is 5.96. The van der Waals surface area contributed by atoms with E-state index < -0.39 is 0 Å². The van der Waals surface area contributed by atoms with Crippen molar-refractivity contribution in [3.8, 4) is 16.6 Å². The van der Waals surface area contributed by atoms with Gasteiger partial charge in [0.25, 0.3) is 0 Å². The molecule has 2 rings (SSSR count). The third-order valence-electron chi connectivity index (χ3n) is 2.74. The van der Waals surface area contributed by atoms with E-state index in [0.717, 1.165) is 41.3 Å². The highest BCUT2D eigenvalue weighted by atomic mass is 32.1. The molecule has 0 aliphatic rings. The van der Waals surface area contributed by atoms with Gasteiger partial charge in [0.15, 0.2) is 0 Å². The number of aromatic nitrogens is 2. The molecule has 0 aliphatic heterocycles. The molecular formula is C14H16N4S. The Morgan fingerprint density at radius 1 is 1.32 bits per heavy atom. The summed E-state index contributed by atoms with van der Waals surface area (Å²) in [5.41, 5.74) is 2.08. The van der Waals surface area contributed by atoms with E-state index in [-0.39, 0.29) is 0 Å². The lowest BCUT2D eigenvalue weighted by Crippen LogP contribution is -2.06. The highest BCUT2D eigenvalue weighted by Crippen LogP contribution is 2.31. The van der Waals surface area contributed by atoms with Gasteiger partial charge in [-0.1, -0.05) is 13.3 Å². The molecule has 1 N–H and O–H groups in total. The molecule has 0 unspecified atom stereocenters. The van der Waals surface area contributed by atoms with Crippen molar-refractivity contribution in [1.82, 2.24) is 9.97 Å². The lowest BCUT2D eigenvalue weighted by atomic mass is 10.1. The molecule has 0 radical (unpaired) electrons. The first-order valence-electron chi connectivity index (χ1n) is 6.38. The Hall–Kier alpha value is -1.93. The zero-order valence-corrected chi connectivity index (χ0v) is 11.9. The maximum absolute atomic E-state index is 8.92. The summed E-state index contributed by atoms with van der Waals surface area (Å²) in [6.07, 6.45) is 3.55. The van der Waals surface area contributed by atoms with Crippen molar-refractivity contribution in [3.05, 3.63) is 28.9 Å². The zero-order chi connectivity index (χ0) is 13.7. The van der Waals surface area contributed by atoms with E-state index in [9.17, 15) is 0 Å². The fourth-order valence-corrected chi connectivity index (χ4v) is 2.78. The molecule has 0 atom stereocenters. The van der Waals surface area contributed by atoms with Crippen LogP contribution < -0.4 is 5.32 Å². The highest BCUT2D eigenvalue weighted by molar-refractivity contribution is 7.16. The summed E-state index contributed by atoms with van der Waals surface area (Å²) in [5.74, 6) is 0.904. The Morgan fingerprint density at radius 3 is 2.79 bits per heavy atom. The SMILES string of the molecule is CCCc1c(NCC)ncnc1-c1ccc(C#N)s1. The molecule has 19 heavy (non-hydrogen) atoms. The predicted octanol–water partition coefficient (Wildman–Crippen LogP) is 3.46. The maximum Gasteiger partial charge on any atom is 0.133 e. The van der Waals surface area contributed by atoms with Crippen molar-refractivity contribution in [2.45, 2.75) is 26.7 Å². The van der Waals surface area contributed by atoms with Crippen molar-refractivity contribution >= 4 is 17.2 Å². The van der Waals surface area contributed by atoms with Gasteiger partial charge in [-0.25, -0.2) is 9.97 Å². The Labute approximate surface area is 117 Å². The summed E-state index contributed by atoms with van der Waals surface area (Å²) in [5, 5.41) is 12.2. The van der Waals surface area contributed by atoms with Crippen LogP contribution in [-0.4, -0.2) is 16.5 Å². The van der Waals surface area contributed by atoms with E-state index in [2.05, 4.69) is 35.2 Å². The number of nitrogens with one attached hydrogen (secondary N) is 1. The van der Waals surface area contributed by atoms with Gasteiger partial charge < -0.3 is 5.32 Å². The molecule has 0 fully saturated rings. The number of rotatable bonds is 5. The van der Waals surface area contributed by atoms with E-state index in [1.54, 1.807) is 6.33 Å². The molecule has 2 aromatic rings. The second-order valence-corrected chi connectivity index (χ2v) is 5.19. The van der Waals surface area contributed by atoms with Gasteiger partial charge in [-0.2, -0.15) is 5.26 Å². The molecule has 0 amide bonds. The minimum absolute atomic E-state index is 0.709. The number of nitriles is 1. The van der Waals surface area contributed by atoms with Crippen LogP contribution in [0.2, 0.25) is 0 Å². The van der Waals surface area contributed by atoms with Gasteiger partial charge in [0.1, 0.15) is 23.1 Å². The maximum atomic E-state index is 8.92. The minimum Gasteiger partial charge on any atom is -0.370 e. The zero-order valence-electron chi connectivity index (χ0n) is 11.1. The Balaban J connectivity index is 2.49. The molecule has 0 bridgehead atoms. The fourth-order valence-electron chi connectivity index (χ4n) is 1.96. The third-order valence-corrected chi connectivity index (χ3v) is 3.74. The van der Waals surface area contributed by atoms with Crippen LogP contribution >= 0.6 is 11.3 Å². The van der Waals surface area contributed by atoms with E-state index in [0.29, 0.717) is 4.88 Å². The Kier molecular flexibility index (Phi) is 4.48. The lowest BCUT2D eigenvalue weighted by Gasteiger charge is -2.12. The summed E-state index contributed by atoms with van der Waals surface area (Å²) >= 11 is 1.47. The Bertz CT molecular complexity index is 598. The minimum atomic E-state index is 0.709. The standard InChI is InChI=1S/C14H16N4S/c1-3-5-11-13(12-7-6-10(8-15)19-12)17-9-18-14(11)16-4-2/h6-7,9H,3-5H2,1-2H3,(H,16,17,18). The fraction of sp³-hybridized carbons (Fsp3) is 0.357. The van der Waals surface area contributed by atoms with Crippen LogP contribution in [0.3, 0.4) is 0 Å². The molecule has 98 valence electrons. The van der Waals surface area contributed by atoms with Crippen LogP contribution in [0, 0.1) is 11.3 Å². The lowest BCUT2D eigenvalue weighted by molar-refractivity contribution is 0.903. The van der Waals surface area contributed by atoms with E-state index in [1.807, 2.05) is 12.1 Å². The molecule has 2 heterocycles. The summed E-state index contributed by atoms with van der Waals surface area (Å²) < 4.78 is 0. The van der Waals surface area contributed by atoms with Gasteiger partial charge in [-0.05, 0) is 25.5 Å². The van der Waals surface area contributed by atoms with Crippen molar-refractivity contribution in [1.29, 1.82) is 5.26 Å². The van der Waals surface area contributed by atoms with E-state index in [4.69, 9.17) is 5.26 Å². The van der Waals surface area contributed by atoms with E-state index in [1.165, 1.54) is 11.3 Å². The van der Waals surface area contributed by atoms with Gasteiger partial charge in [0.2, 0.25) is 0 Å². The smallest absolute Gasteiger partial charge is 0.133 e. The monoisotopic (exact) mass is 272 g/mol. The topological polar surface area (TPSA) is 61.6 Å². The molecule has 0 saturated heterocycles. The van der Waals surface area contributed by atoms with Gasteiger partial charge in [0, 0.05) is 12.1 Å². The number of thiophene rings is 1. The summed E-state index contributed by atoms with van der Waals surface area (Å²) in [7, 11) is 0. The van der Waals surface area contributed by atoms with Crippen LogP contribution in [-0.2, 0) is 6.42 Å². The molecule has 5 heteroatoms. The van der Waals surface area contributed by atoms with Crippen LogP contribution in [0.15, 0.2) is 18.5 Å². The molecule has 2 aromatic heterocycles. The van der Waals surface area contributed by atoms with Crippen molar-refractivity contribution in [2.24, 2.45) is 0 Å². The normalized spacial score (nSPS) is 10.2. The van der Waals surface area contributed by atoms with Gasteiger partial charge in [-0.15, -0.1) is 11.3 Å². The highest BCUT2D eigenvalue weighted by Gasteiger charge is 2.13. The molecule has 0 spiro atoms. The van der Waals surface area contributed by atoms with Crippen molar-refractivity contribution < 1.29 is 0 Å². The molecule has 0 aliphatic carbocycles. The first-order chi connectivity index (χ1) is 9.30. The van der Waals surface area contributed by atoms with Crippen LogP contribution in [0.5, 0.6) is 0 Å². The summed E-state index contributed by atoms with van der Waals surface area (Å²) in [6.45, 7) is 5.03. The first kappa shape index (κ1) is 13.5. The van der Waals surface area contributed by atoms with Gasteiger partial charge in [-0.3, -0.25) is 0 Å². The molecule has 0 aromatic carbocycles. The number of hydrogen-bond acceptors (Lipinski definition) is 5. The number of anilines is 1. The molecule has 0 saturated carbocycles. The van der Waals surface area contributed by atoms with Crippen LogP contribution in [0.1, 0.15) is 30.7 Å².